The molecule has 0 saturated heterocycles. The Bertz CT molecular complexity index is 460. The molecule has 0 bridgehead atoms. The van der Waals surface area contributed by atoms with Crippen molar-refractivity contribution in [2.45, 2.75) is 80.6 Å². The van der Waals surface area contributed by atoms with Gasteiger partial charge in [-0.05, 0) is 107 Å². The van der Waals surface area contributed by atoms with Crippen molar-refractivity contribution in [3.8, 4) is 0 Å². The van der Waals surface area contributed by atoms with E-state index in [-0.39, 0.29) is 0 Å². The summed E-state index contributed by atoms with van der Waals surface area (Å²) in [6.45, 7) is 15.9. The lowest BCUT2D eigenvalue weighted by Gasteiger charge is -2.18. The fourth-order valence-electron chi connectivity index (χ4n) is 3.11. The van der Waals surface area contributed by atoms with Crippen LogP contribution in [0.5, 0.6) is 0 Å². The third-order valence-electron chi connectivity index (χ3n) is 4.96. The van der Waals surface area contributed by atoms with Crippen LogP contribution in [0, 0.1) is 34.6 Å². The van der Waals surface area contributed by atoms with Gasteiger partial charge in [-0.15, -0.1) is 0 Å². The van der Waals surface area contributed by atoms with Gasteiger partial charge in [-0.2, -0.15) is 0 Å². The molecule has 0 unspecified atom stereocenters. The minimum atomic E-state index is 1.17. The van der Waals surface area contributed by atoms with E-state index in [4.69, 9.17) is 0 Å². The van der Waals surface area contributed by atoms with E-state index in [0.717, 1.165) is 0 Å². The Hall–Kier alpha value is -1.04. The zero-order valence-electron chi connectivity index (χ0n) is 14.6. The van der Waals surface area contributed by atoms with Crippen molar-refractivity contribution < 1.29 is 0 Å². The first kappa shape index (κ1) is 17.0. The van der Waals surface area contributed by atoms with Crippen molar-refractivity contribution in [1.82, 2.24) is 0 Å². The molecule has 0 aliphatic carbocycles. The Kier molecular flexibility index (Phi) is 6.52. The van der Waals surface area contributed by atoms with Crippen molar-refractivity contribution in [3.05, 3.63) is 45.0 Å². The summed E-state index contributed by atoms with van der Waals surface area (Å²) in [4.78, 5) is 0. The van der Waals surface area contributed by atoms with Crippen LogP contribution in [0.1, 0.15) is 72.9 Å². The molecule has 0 nitrogen and oxygen atoms in total. The molecule has 0 atom stereocenters. The van der Waals surface area contributed by atoms with E-state index >= 15 is 0 Å². The maximum absolute atomic E-state index is 2.36. The lowest BCUT2D eigenvalue weighted by atomic mass is 9.87. The van der Waals surface area contributed by atoms with Crippen LogP contribution in [0.15, 0.2) is 11.6 Å². The molecule has 0 heteroatoms. The van der Waals surface area contributed by atoms with Crippen LogP contribution in [0.3, 0.4) is 0 Å². The largest absolute Gasteiger partial charge is 0.0859 e. The normalized spacial score (nSPS) is 12.1. The van der Waals surface area contributed by atoms with E-state index in [1.54, 1.807) is 11.1 Å². The first-order chi connectivity index (χ1) is 9.40. The molecule has 1 rings (SSSR count). The first-order valence-corrected chi connectivity index (χ1v) is 8.11. The van der Waals surface area contributed by atoms with Gasteiger partial charge in [0, 0.05) is 0 Å². The Labute approximate surface area is 126 Å². The predicted molar refractivity (Wildman–Crippen MR) is 91.7 cm³/mol. The van der Waals surface area contributed by atoms with Gasteiger partial charge >= 0.3 is 0 Å². The molecule has 0 spiro atoms. The molecule has 1 aromatic rings. The molecule has 0 aliphatic heterocycles. The highest BCUT2D eigenvalue weighted by Crippen LogP contribution is 2.27. The predicted octanol–water partition coefficient (Wildman–Crippen LogP) is 6.30. The van der Waals surface area contributed by atoms with Gasteiger partial charge in [-0.3, -0.25) is 0 Å². The van der Waals surface area contributed by atoms with Gasteiger partial charge in [0.25, 0.3) is 0 Å². The average Bonchev–Trinajstić information content (AvgIpc) is 2.42. The standard InChI is InChI=1S/C20H32/c1-8-11-14(2)12-9-10-13-20-18(6)16(4)15(3)17(5)19(20)7/h11H,8-10,12-13H2,1-7H3/b14-11+. The van der Waals surface area contributed by atoms with E-state index < -0.39 is 0 Å². The van der Waals surface area contributed by atoms with Gasteiger partial charge in [0.1, 0.15) is 0 Å². The smallest absolute Gasteiger partial charge is 0.0273 e. The molecule has 0 heterocycles. The maximum Gasteiger partial charge on any atom is -0.0273 e. The molecule has 0 radical (unpaired) electrons. The third-order valence-corrected chi connectivity index (χ3v) is 4.96. The second kappa shape index (κ2) is 7.67. The zero-order chi connectivity index (χ0) is 15.3. The highest BCUT2D eigenvalue weighted by atomic mass is 14.2. The number of allylic oxidation sites excluding steroid dienone is 2. The van der Waals surface area contributed by atoms with Crippen LogP contribution in [0.25, 0.3) is 0 Å². The highest BCUT2D eigenvalue weighted by molar-refractivity contribution is 5.49. The number of hydrogen-bond donors (Lipinski definition) is 0. The van der Waals surface area contributed by atoms with Gasteiger partial charge < -0.3 is 0 Å². The van der Waals surface area contributed by atoms with Crippen molar-refractivity contribution in [2.24, 2.45) is 0 Å². The quantitative estimate of drug-likeness (QED) is 0.421. The number of benzene rings is 1. The SMILES string of the molecule is CC/C=C(\C)CCCCc1c(C)c(C)c(C)c(C)c1C. The summed E-state index contributed by atoms with van der Waals surface area (Å²) in [7, 11) is 0. The summed E-state index contributed by atoms with van der Waals surface area (Å²) in [5, 5.41) is 0. The Morgan fingerprint density at radius 3 is 1.80 bits per heavy atom. The van der Waals surface area contributed by atoms with Gasteiger partial charge in [0.15, 0.2) is 0 Å². The molecule has 0 aromatic heterocycles. The van der Waals surface area contributed by atoms with E-state index in [2.05, 4.69) is 54.5 Å². The van der Waals surface area contributed by atoms with E-state index in [1.807, 2.05) is 0 Å². The lowest BCUT2D eigenvalue weighted by molar-refractivity contribution is 0.721. The fraction of sp³-hybridized carbons (Fsp3) is 0.600. The fourth-order valence-corrected chi connectivity index (χ4v) is 3.11. The summed E-state index contributed by atoms with van der Waals surface area (Å²) in [6.07, 6.45) is 8.64. The van der Waals surface area contributed by atoms with E-state index in [1.165, 1.54) is 59.9 Å². The molecule has 1 aromatic carbocycles. The topological polar surface area (TPSA) is 0 Å². The van der Waals surface area contributed by atoms with Gasteiger partial charge in [-0.25, -0.2) is 0 Å². The number of rotatable bonds is 6. The second-order valence-corrected chi connectivity index (χ2v) is 6.27. The van der Waals surface area contributed by atoms with Gasteiger partial charge in [0.05, 0.1) is 0 Å². The third kappa shape index (κ3) is 3.98. The van der Waals surface area contributed by atoms with Crippen LogP contribution in [-0.4, -0.2) is 0 Å². The minimum Gasteiger partial charge on any atom is -0.0859 e. The van der Waals surface area contributed by atoms with Crippen molar-refractivity contribution in [2.75, 3.05) is 0 Å². The molecule has 20 heavy (non-hydrogen) atoms. The van der Waals surface area contributed by atoms with Crippen molar-refractivity contribution in [1.29, 1.82) is 0 Å². The summed E-state index contributed by atoms with van der Waals surface area (Å²) >= 11 is 0. The summed E-state index contributed by atoms with van der Waals surface area (Å²) in [5.74, 6) is 0. The minimum absolute atomic E-state index is 1.17. The lowest BCUT2D eigenvalue weighted by Crippen LogP contribution is -2.03. The van der Waals surface area contributed by atoms with Crippen LogP contribution < -0.4 is 0 Å². The second-order valence-electron chi connectivity index (χ2n) is 6.27. The highest BCUT2D eigenvalue weighted by Gasteiger charge is 2.11. The molecule has 0 amide bonds. The summed E-state index contributed by atoms with van der Waals surface area (Å²) < 4.78 is 0. The van der Waals surface area contributed by atoms with Crippen molar-refractivity contribution in [3.63, 3.8) is 0 Å². The van der Waals surface area contributed by atoms with Crippen LogP contribution in [-0.2, 0) is 6.42 Å². The first-order valence-electron chi connectivity index (χ1n) is 8.11. The van der Waals surface area contributed by atoms with Crippen LogP contribution in [0.2, 0.25) is 0 Å². The number of unbranched alkanes of at least 4 members (excludes halogenated alkanes) is 1. The molecule has 0 aliphatic rings. The number of hydrogen-bond acceptors (Lipinski definition) is 0. The Morgan fingerprint density at radius 2 is 1.30 bits per heavy atom. The van der Waals surface area contributed by atoms with Crippen LogP contribution in [0.4, 0.5) is 0 Å². The van der Waals surface area contributed by atoms with Crippen molar-refractivity contribution >= 4 is 0 Å². The molecule has 0 N–H and O–H groups in total. The molecule has 112 valence electrons. The van der Waals surface area contributed by atoms with Crippen LogP contribution >= 0.6 is 0 Å². The Balaban J connectivity index is 2.72. The monoisotopic (exact) mass is 272 g/mol. The Morgan fingerprint density at radius 1 is 0.800 bits per heavy atom. The van der Waals surface area contributed by atoms with Gasteiger partial charge in [0.2, 0.25) is 0 Å². The van der Waals surface area contributed by atoms with Gasteiger partial charge in [-0.1, -0.05) is 18.6 Å². The molecular formula is C20H32. The van der Waals surface area contributed by atoms with E-state index in [0.29, 0.717) is 0 Å². The summed E-state index contributed by atoms with van der Waals surface area (Å²) in [5.41, 5.74) is 10.7. The molecule has 0 fully saturated rings. The molecule has 0 saturated carbocycles. The molecular weight excluding hydrogens is 240 g/mol. The maximum atomic E-state index is 2.36. The zero-order valence-corrected chi connectivity index (χ0v) is 14.6. The summed E-state index contributed by atoms with van der Waals surface area (Å²) in [6, 6.07) is 0. The van der Waals surface area contributed by atoms with E-state index in [9.17, 15) is 0 Å². The average molecular weight is 272 g/mol.